The van der Waals surface area contributed by atoms with Gasteiger partial charge in [0.2, 0.25) is 5.91 Å². The summed E-state index contributed by atoms with van der Waals surface area (Å²) in [5.74, 6) is 1.36. The van der Waals surface area contributed by atoms with Crippen molar-refractivity contribution in [2.45, 2.75) is 11.5 Å². The zero-order chi connectivity index (χ0) is 21.5. The van der Waals surface area contributed by atoms with Crippen LogP contribution in [0.4, 0.5) is 11.4 Å². The highest BCUT2D eigenvalue weighted by Crippen LogP contribution is 2.45. The van der Waals surface area contributed by atoms with Crippen molar-refractivity contribution in [2.75, 3.05) is 35.9 Å². The van der Waals surface area contributed by atoms with E-state index in [1.54, 1.807) is 30.3 Å². The summed E-state index contributed by atoms with van der Waals surface area (Å²) in [4.78, 5) is 35.7. The molecule has 0 unspecified atom stereocenters. The number of ether oxygens (including phenoxy) is 2. The van der Waals surface area contributed by atoms with Gasteiger partial charge < -0.3 is 20.1 Å². The number of carbonyl (C=O) groups excluding carboxylic acids is 3. The van der Waals surface area contributed by atoms with Crippen molar-refractivity contribution >= 4 is 52.7 Å². The lowest BCUT2D eigenvalue weighted by Gasteiger charge is -2.13. The summed E-state index contributed by atoms with van der Waals surface area (Å²) in [7, 11) is 1.47. The molecule has 0 aliphatic carbocycles. The maximum Gasteiger partial charge on any atom is 0.338 e. The van der Waals surface area contributed by atoms with Gasteiger partial charge in [0.25, 0.3) is 5.91 Å². The van der Waals surface area contributed by atoms with Crippen LogP contribution in [0, 0.1) is 0 Å². The molecule has 1 saturated heterocycles. The van der Waals surface area contributed by atoms with Crippen LogP contribution in [0.3, 0.4) is 0 Å². The molecular weight excluding hydrogens is 424 g/mol. The van der Waals surface area contributed by atoms with Crippen LogP contribution >= 0.6 is 23.5 Å². The molecule has 0 spiro atoms. The van der Waals surface area contributed by atoms with Crippen LogP contribution in [-0.2, 0) is 14.3 Å². The fraction of sp³-hybridized carbons (Fsp3) is 0.286. The Balaban J connectivity index is 1.56. The van der Waals surface area contributed by atoms with Crippen molar-refractivity contribution in [3.05, 3.63) is 53.6 Å². The molecule has 30 heavy (non-hydrogen) atoms. The number of amides is 2. The predicted octanol–water partition coefficient (Wildman–Crippen LogP) is 3.93. The molecular formula is C21H22N2O5S2. The molecule has 9 heteroatoms. The lowest BCUT2D eigenvalue weighted by atomic mass is 10.1. The number of thioether (sulfide) groups is 2. The molecule has 0 atom stereocenters. The molecule has 2 aromatic rings. The van der Waals surface area contributed by atoms with Crippen molar-refractivity contribution in [1.82, 2.24) is 0 Å². The van der Waals surface area contributed by atoms with Gasteiger partial charge in [0.1, 0.15) is 5.75 Å². The van der Waals surface area contributed by atoms with Gasteiger partial charge >= 0.3 is 5.97 Å². The first-order valence-corrected chi connectivity index (χ1v) is 11.3. The van der Waals surface area contributed by atoms with Gasteiger partial charge in [0.15, 0.2) is 6.61 Å². The molecule has 158 valence electrons. The zero-order valence-corrected chi connectivity index (χ0v) is 18.2. The third kappa shape index (κ3) is 5.93. The predicted molar refractivity (Wildman–Crippen MR) is 120 cm³/mol. The van der Waals surface area contributed by atoms with Crippen molar-refractivity contribution < 1.29 is 23.9 Å². The summed E-state index contributed by atoms with van der Waals surface area (Å²) < 4.78 is 10.7. The summed E-state index contributed by atoms with van der Waals surface area (Å²) in [6, 6.07) is 12.1. The van der Waals surface area contributed by atoms with E-state index in [1.165, 1.54) is 19.6 Å². The topological polar surface area (TPSA) is 93.7 Å². The molecule has 2 N–H and O–H groups in total. The number of anilines is 2. The third-order valence-corrected chi connectivity index (χ3v) is 7.27. The lowest BCUT2D eigenvalue weighted by Crippen LogP contribution is -2.21. The van der Waals surface area contributed by atoms with E-state index >= 15 is 0 Å². The maximum absolute atomic E-state index is 12.2. The molecule has 1 aliphatic heterocycles. The van der Waals surface area contributed by atoms with Crippen molar-refractivity contribution in [3.8, 4) is 5.75 Å². The van der Waals surface area contributed by atoms with Crippen LogP contribution < -0.4 is 15.4 Å². The second-order valence-corrected chi connectivity index (χ2v) is 9.14. The summed E-state index contributed by atoms with van der Waals surface area (Å²) in [6.45, 7) is 0.947. The normalized spacial score (nSPS) is 13.5. The van der Waals surface area contributed by atoms with Gasteiger partial charge in [0, 0.05) is 24.1 Å². The molecule has 3 rings (SSSR count). The van der Waals surface area contributed by atoms with E-state index in [0.717, 1.165) is 11.5 Å². The van der Waals surface area contributed by atoms with Gasteiger partial charge in [-0.15, -0.1) is 23.5 Å². The SMILES string of the molecule is COc1ccc(NC(C)=O)cc1NC(=O)COC(=O)c1ccc(C2SCCS2)cc1. The molecule has 7 nitrogen and oxygen atoms in total. The molecule has 1 heterocycles. The number of benzene rings is 2. The van der Waals surface area contributed by atoms with E-state index in [-0.39, 0.29) is 5.91 Å². The van der Waals surface area contributed by atoms with Crippen LogP contribution in [0.25, 0.3) is 0 Å². The largest absolute Gasteiger partial charge is 0.495 e. The quantitative estimate of drug-likeness (QED) is 0.623. The van der Waals surface area contributed by atoms with Crippen LogP contribution in [0.1, 0.15) is 27.4 Å². The highest BCUT2D eigenvalue weighted by Gasteiger charge is 2.19. The van der Waals surface area contributed by atoms with Gasteiger partial charge in [-0.25, -0.2) is 4.79 Å². The molecule has 0 aromatic heterocycles. The maximum atomic E-state index is 12.2. The Morgan fingerprint density at radius 1 is 1.03 bits per heavy atom. The van der Waals surface area contributed by atoms with Gasteiger partial charge in [0.05, 0.1) is 22.9 Å². The van der Waals surface area contributed by atoms with E-state index in [9.17, 15) is 14.4 Å². The number of carbonyl (C=O) groups is 3. The first-order valence-electron chi connectivity index (χ1n) is 9.22. The van der Waals surface area contributed by atoms with Crippen LogP contribution in [0.5, 0.6) is 5.75 Å². The van der Waals surface area contributed by atoms with Crippen molar-refractivity contribution in [2.24, 2.45) is 0 Å². The summed E-state index contributed by atoms with van der Waals surface area (Å²) in [5.41, 5.74) is 2.43. The molecule has 0 saturated carbocycles. The minimum Gasteiger partial charge on any atom is -0.495 e. The first kappa shape index (κ1) is 22.0. The Labute approximate surface area is 183 Å². The molecule has 2 amide bonds. The number of rotatable bonds is 7. The number of esters is 1. The van der Waals surface area contributed by atoms with Crippen molar-refractivity contribution in [1.29, 1.82) is 0 Å². The van der Waals surface area contributed by atoms with E-state index in [4.69, 9.17) is 9.47 Å². The van der Waals surface area contributed by atoms with E-state index < -0.39 is 18.5 Å². The fourth-order valence-corrected chi connectivity index (χ4v) is 5.67. The van der Waals surface area contributed by atoms with Gasteiger partial charge in [-0.2, -0.15) is 0 Å². The minimum absolute atomic E-state index is 0.234. The first-order chi connectivity index (χ1) is 14.5. The number of methoxy groups -OCH3 is 1. The van der Waals surface area contributed by atoms with Gasteiger partial charge in [-0.3, -0.25) is 9.59 Å². The van der Waals surface area contributed by atoms with E-state index in [1.807, 2.05) is 35.7 Å². The minimum atomic E-state index is -0.567. The average Bonchev–Trinajstić information content (AvgIpc) is 3.27. The highest BCUT2D eigenvalue weighted by molar-refractivity contribution is 8.19. The summed E-state index contributed by atoms with van der Waals surface area (Å²) >= 11 is 3.78. The monoisotopic (exact) mass is 446 g/mol. The highest BCUT2D eigenvalue weighted by atomic mass is 32.2. The number of nitrogens with one attached hydrogen (secondary N) is 2. The molecule has 0 radical (unpaired) electrons. The van der Waals surface area contributed by atoms with Crippen LogP contribution in [0.2, 0.25) is 0 Å². The third-order valence-electron chi connectivity index (χ3n) is 4.17. The summed E-state index contributed by atoms with van der Waals surface area (Å²) in [5, 5.41) is 5.26. The second kappa shape index (κ2) is 10.4. The van der Waals surface area contributed by atoms with Crippen LogP contribution in [0.15, 0.2) is 42.5 Å². The van der Waals surface area contributed by atoms with Gasteiger partial charge in [-0.05, 0) is 35.9 Å². The van der Waals surface area contributed by atoms with Crippen molar-refractivity contribution in [3.63, 3.8) is 0 Å². The summed E-state index contributed by atoms with van der Waals surface area (Å²) in [6.07, 6.45) is 0. The lowest BCUT2D eigenvalue weighted by molar-refractivity contribution is -0.119. The Morgan fingerprint density at radius 2 is 1.73 bits per heavy atom. The fourth-order valence-electron chi connectivity index (χ4n) is 2.81. The Morgan fingerprint density at radius 3 is 2.37 bits per heavy atom. The van der Waals surface area contributed by atoms with Gasteiger partial charge in [-0.1, -0.05) is 12.1 Å². The number of hydrogen-bond acceptors (Lipinski definition) is 7. The molecule has 1 aliphatic rings. The Kier molecular flexibility index (Phi) is 7.64. The Hall–Kier alpha value is -2.65. The molecule has 2 aromatic carbocycles. The molecule has 1 fully saturated rings. The zero-order valence-electron chi connectivity index (χ0n) is 16.6. The second-order valence-electron chi connectivity index (χ2n) is 6.42. The van der Waals surface area contributed by atoms with E-state index in [0.29, 0.717) is 27.3 Å². The Bertz CT molecular complexity index is 927. The smallest absolute Gasteiger partial charge is 0.338 e. The molecule has 0 bridgehead atoms. The number of hydrogen-bond donors (Lipinski definition) is 2. The standard InChI is InChI=1S/C21H22N2O5S2/c1-13(24)22-16-7-8-18(27-2)17(11-16)23-19(25)12-28-20(26)14-3-5-15(6-4-14)21-29-9-10-30-21/h3-8,11,21H,9-10,12H2,1-2H3,(H,22,24)(H,23,25). The van der Waals surface area contributed by atoms with E-state index in [2.05, 4.69) is 10.6 Å². The van der Waals surface area contributed by atoms with Crippen LogP contribution in [-0.4, -0.2) is 43.0 Å². The average molecular weight is 447 g/mol.